The fourth-order valence-corrected chi connectivity index (χ4v) is 4.48. The van der Waals surface area contributed by atoms with E-state index in [1.54, 1.807) is 28.0 Å². The van der Waals surface area contributed by atoms with Gasteiger partial charge in [-0.1, -0.05) is 17.7 Å². The highest BCUT2D eigenvalue weighted by molar-refractivity contribution is 6.32. The summed E-state index contributed by atoms with van der Waals surface area (Å²) in [6.45, 7) is 3.70. The van der Waals surface area contributed by atoms with Crippen LogP contribution in [0, 0.1) is 0 Å². The standard InChI is InChI=1S/C25H25ClN4O4/c1-15-13-28(25(32)34-24-11-20(33-3)7-8-21(24)26)23-10-17(4-9-22(23)30(15)16(2)31)18-12-27-29(14-18)19-5-6-19/h4,7-12,14-15,19H,5-6,13H2,1-3H3/t15-/m0/s1. The SMILES string of the molecule is COc1ccc(Cl)c(OC(=O)N2C[C@H](C)N(C(C)=O)c3ccc(-c4cnn(C5CC5)c4)cc32)c1. The van der Waals surface area contributed by atoms with Crippen LogP contribution >= 0.6 is 11.6 Å². The van der Waals surface area contributed by atoms with Gasteiger partial charge in [-0.05, 0) is 49.6 Å². The molecule has 8 nitrogen and oxygen atoms in total. The minimum Gasteiger partial charge on any atom is -0.497 e. The van der Waals surface area contributed by atoms with Gasteiger partial charge in [-0.25, -0.2) is 4.79 Å². The zero-order valence-corrected chi connectivity index (χ0v) is 20.0. The van der Waals surface area contributed by atoms with Crippen LogP contribution < -0.4 is 19.3 Å². The molecule has 3 aromatic rings. The molecule has 1 aliphatic heterocycles. The molecule has 0 N–H and O–H groups in total. The second-order valence-electron chi connectivity index (χ2n) is 8.66. The minimum absolute atomic E-state index is 0.0908. The predicted octanol–water partition coefficient (Wildman–Crippen LogP) is 5.31. The summed E-state index contributed by atoms with van der Waals surface area (Å²) in [7, 11) is 1.53. The molecule has 1 aromatic heterocycles. The van der Waals surface area contributed by atoms with Crippen molar-refractivity contribution in [3.63, 3.8) is 0 Å². The van der Waals surface area contributed by atoms with Crippen LogP contribution in [0.1, 0.15) is 32.7 Å². The fourth-order valence-electron chi connectivity index (χ4n) is 4.32. The number of nitrogens with zero attached hydrogens (tertiary/aromatic N) is 4. The third-order valence-electron chi connectivity index (χ3n) is 6.16. The Bertz CT molecular complexity index is 1270. The van der Waals surface area contributed by atoms with Crippen molar-refractivity contribution in [3.05, 3.63) is 53.8 Å². The van der Waals surface area contributed by atoms with E-state index in [2.05, 4.69) is 5.10 Å². The summed E-state index contributed by atoms with van der Waals surface area (Å²) in [6, 6.07) is 10.8. The molecule has 0 unspecified atom stereocenters. The summed E-state index contributed by atoms with van der Waals surface area (Å²) < 4.78 is 12.9. The van der Waals surface area contributed by atoms with Gasteiger partial charge in [0, 0.05) is 31.3 Å². The molecule has 0 saturated heterocycles. The predicted molar refractivity (Wildman–Crippen MR) is 130 cm³/mol. The van der Waals surface area contributed by atoms with Crippen molar-refractivity contribution < 1.29 is 19.1 Å². The van der Waals surface area contributed by atoms with Crippen molar-refractivity contribution in [2.75, 3.05) is 23.5 Å². The molecule has 176 valence electrons. The highest BCUT2D eigenvalue weighted by Crippen LogP contribution is 2.41. The first-order valence-electron chi connectivity index (χ1n) is 11.2. The first-order valence-corrected chi connectivity index (χ1v) is 11.5. The highest BCUT2D eigenvalue weighted by Gasteiger charge is 2.35. The largest absolute Gasteiger partial charge is 0.497 e. The van der Waals surface area contributed by atoms with E-state index in [4.69, 9.17) is 21.1 Å². The lowest BCUT2D eigenvalue weighted by Crippen LogP contribution is -2.52. The molecule has 0 spiro atoms. The van der Waals surface area contributed by atoms with Crippen molar-refractivity contribution in [2.45, 2.75) is 38.8 Å². The summed E-state index contributed by atoms with van der Waals surface area (Å²) in [5, 5.41) is 4.78. The van der Waals surface area contributed by atoms with Crippen LogP contribution in [0.25, 0.3) is 11.1 Å². The Morgan fingerprint density at radius 1 is 1.09 bits per heavy atom. The third-order valence-corrected chi connectivity index (χ3v) is 6.48. The molecule has 5 rings (SSSR count). The van der Waals surface area contributed by atoms with Crippen LogP contribution in [0.3, 0.4) is 0 Å². The van der Waals surface area contributed by atoms with E-state index in [1.165, 1.54) is 14.0 Å². The molecule has 1 fully saturated rings. The van der Waals surface area contributed by atoms with Crippen molar-refractivity contribution in [1.82, 2.24) is 9.78 Å². The summed E-state index contributed by atoms with van der Waals surface area (Å²) in [6.07, 6.45) is 5.54. The zero-order valence-electron chi connectivity index (χ0n) is 19.2. The quantitative estimate of drug-likeness (QED) is 0.506. The van der Waals surface area contributed by atoms with E-state index in [-0.39, 0.29) is 24.2 Å². The number of methoxy groups -OCH3 is 1. The maximum atomic E-state index is 13.3. The van der Waals surface area contributed by atoms with Crippen LogP contribution in [0.2, 0.25) is 5.02 Å². The van der Waals surface area contributed by atoms with E-state index in [0.717, 1.165) is 24.0 Å². The molecule has 2 heterocycles. The summed E-state index contributed by atoms with van der Waals surface area (Å²) >= 11 is 6.25. The fraction of sp³-hybridized carbons (Fsp3) is 0.320. The number of rotatable bonds is 4. The number of hydrogen-bond donors (Lipinski definition) is 0. The number of halogens is 1. The molecule has 1 saturated carbocycles. The maximum Gasteiger partial charge on any atom is 0.419 e. The van der Waals surface area contributed by atoms with Gasteiger partial charge in [-0.2, -0.15) is 5.10 Å². The average molecular weight is 481 g/mol. The summed E-state index contributed by atoms with van der Waals surface area (Å²) in [5.74, 6) is 0.639. The van der Waals surface area contributed by atoms with E-state index in [1.807, 2.05) is 42.2 Å². The Hall–Kier alpha value is -3.52. The summed E-state index contributed by atoms with van der Waals surface area (Å²) in [5.41, 5.74) is 3.10. The first-order chi connectivity index (χ1) is 16.4. The topological polar surface area (TPSA) is 76.9 Å². The maximum absolute atomic E-state index is 13.3. The van der Waals surface area contributed by atoms with Gasteiger partial charge < -0.3 is 14.4 Å². The lowest BCUT2D eigenvalue weighted by molar-refractivity contribution is -0.117. The number of benzene rings is 2. The van der Waals surface area contributed by atoms with Gasteiger partial charge in [-0.3, -0.25) is 14.4 Å². The van der Waals surface area contributed by atoms with E-state index in [0.29, 0.717) is 28.2 Å². The molecule has 1 aliphatic carbocycles. The number of hydrogen-bond acceptors (Lipinski definition) is 5. The Labute approximate surface area is 202 Å². The molecular formula is C25H25ClN4O4. The van der Waals surface area contributed by atoms with Crippen LogP contribution in [-0.4, -0.2) is 41.5 Å². The second kappa shape index (κ2) is 8.68. The monoisotopic (exact) mass is 480 g/mol. The highest BCUT2D eigenvalue weighted by atomic mass is 35.5. The van der Waals surface area contributed by atoms with Gasteiger partial charge in [0.1, 0.15) is 5.75 Å². The number of carbonyl (C=O) groups excluding carboxylic acids is 2. The second-order valence-corrected chi connectivity index (χ2v) is 9.06. The van der Waals surface area contributed by atoms with Gasteiger partial charge in [0.15, 0.2) is 5.75 Å². The van der Waals surface area contributed by atoms with Gasteiger partial charge >= 0.3 is 6.09 Å². The number of carbonyl (C=O) groups is 2. The van der Waals surface area contributed by atoms with Crippen molar-refractivity contribution >= 4 is 35.0 Å². The number of amides is 2. The molecule has 0 radical (unpaired) electrons. The Morgan fingerprint density at radius 2 is 1.88 bits per heavy atom. The molecule has 2 aromatic carbocycles. The van der Waals surface area contributed by atoms with Gasteiger partial charge in [0.05, 0.1) is 41.8 Å². The van der Waals surface area contributed by atoms with Crippen LogP contribution in [0.4, 0.5) is 16.2 Å². The first kappa shape index (κ1) is 22.3. The minimum atomic E-state index is -0.586. The molecule has 9 heteroatoms. The number of aromatic nitrogens is 2. The number of ether oxygens (including phenoxy) is 2. The smallest absolute Gasteiger partial charge is 0.419 e. The van der Waals surface area contributed by atoms with Crippen LogP contribution in [0.15, 0.2) is 48.8 Å². The zero-order chi connectivity index (χ0) is 24.0. The van der Waals surface area contributed by atoms with E-state index in [9.17, 15) is 9.59 Å². The van der Waals surface area contributed by atoms with Crippen molar-refractivity contribution in [2.24, 2.45) is 0 Å². The van der Waals surface area contributed by atoms with Gasteiger partial charge in [-0.15, -0.1) is 0 Å². The Balaban J connectivity index is 1.52. The Kier molecular flexibility index (Phi) is 5.69. The Morgan fingerprint density at radius 3 is 2.59 bits per heavy atom. The average Bonchev–Trinajstić information content (AvgIpc) is 3.55. The summed E-state index contributed by atoms with van der Waals surface area (Å²) in [4.78, 5) is 29.0. The third kappa shape index (κ3) is 4.09. The molecular weight excluding hydrogens is 456 g/mol. The van der Waals surface area contributed by atoms with E-state index < -0.39 is 6.09 Å². The van der Waals surface area contributed by atoms with Crippen LogP contribution in [0.5, 0.6) is 11.5 Å². The van der Waals surface area contributed by atoms with E-state index >= 15 is 0 Å². The number of anilines is 2. The number of fused-ring (bicyclic) bond motifs is 1. The van der Waals surface area contributed by atoms with Gasteiger partial charge in [0.2, 0.25) is 5.91 Å². The lowest BCUT2D eigenvalue weighted by Gasteiger charge is -2.40. The van der Waals surface area contributed by atoms with Crippen molar-refractivity contribution in [3.8, 4) is 22.6 Å². The van der Waals surface area contributed by atoms with Crippen molar-refractivity contribution in [1.29, 1.82) is 0 Å². The molecule has 2 aliphatic rings. The normalized spacial score (nSPS) is 17.4. The molecule has 2 amide bonds. The van der Waals surface area contributed by atoms with Gasteiger partial charge in [0.25, 0.3) is 0 Å². The molecule has 0 bridgehead atoms. The van der Waals surface area contributed by atoms with Crippen LogP contribution in [-0.2, 0) is 4.79 Å². The lowest BCUT2D eigenvalue weighted by atomic mass is 10.0. The molecule has 34 heavy (non-hydrogen) atoms. The molecule has 1 atom stereocenters.